The number of esters is 1. The van der Waals surface area contributed by atoms with Gasteiger partial charge in [-0.15, -0.1) is 0 Å². The molecule has 0 atom stereocenters. The fraction of sp³-hybridized carbons (Fsp3) is 0.455. The molecule has 0 N–H and O–H groups in total. The molecule has 0 aliphatic rings. The molecule has 82 valence electrons. The molecule has 0 bridgehead atoms. The van der Waals surface area contributed by atoms with Gasteiger partial charge in [0, 0.05) is 11.5 Å². The lowest BCUT2D eigenvalue weighted by atomic mass is 10.2. The number of halogens is 1. The average molecular weight is 272 g/mol. The molecule has 0 unspecified atom stereocenters. The molecule has 1 aromatic heterocycles. The molecular weight excluding hydrogens is 258 g/mol. The fourth-order valence-electron chi connectivity index (χ4n) is 0.961. The number of nitrogens with zero attached hydrogens (tertiary/aromatic N) is 1. The van der Waals surface area contributed by atoms with E-state index < -0.39 is 5.60 Å². The molecule has 1 rings (SSSR count). The van der Waals surface area contributed by atoms with Gasteiger partial charge in [0.1, 0.15) is 5.60 Å². The first-order valence-electron chi connectivity index (χ1n) is 4.66. The molecule has 0 fully saturated rings. The topological polar surface area (TPSA) is 39.2 Å². The van der Waals surface area contributed by atoms with E-state index in [4.69, 9.17) is 4.74 Å². The minimum atomic E-state index is -0.467. The molecule has 0 aromatic carbocycles. The summed E-state index contributed by atoms with van der Waals surface area (Å²) in [5.74, 6) is -0.337. The Morgan fingerprint density at radius 2 is 2.13 bits per heavy atom. The van der Waals surface area contributed by atoms with Crippen LogP contribution in [0.1, 0.15) is 36.8 Å². The summed E-state index contributed by atoms with van der Waals surface area (Å²) < 4.78 is 5.21. The quantitative estimate of drug-likeness (QED) is 0.613. The summed E-state index contributed by atoms with van der Waals surface area (Å²) in [6, 6.07) is 3.52. The minimum absolute atomic E-state index is 0.337. The standard InChI is InChI=1S/C11H14BrNO2/c1-11(2,3)15-10(14)8-4-5-9(6-12)13-7-8/h4-5,7H,6H2,1-3H3. The first-order chi connectivity index (χ1) is 6.92. The molecular formula is C11H14BrNO2. The van der Waals surface area contributed by atoms with Gasteiger partial charge in [-0.05, 0) is 32.9 Å². The Balaban J connectivity index is 2.75. The minimum Gasteiger partial charge on any atom is -0.456 e. The van der Waals surface area contributed by atoms with Crippen LogP contribution < -0.4 is 0 Å². The lowest BCUT2D eigenvalue weighted by molar-refractivity contribution is 0.00691. The van der Waals surface area contributed by atoms with E-state index in [-0.39, 0.29) is 5.97 Å². The van der Waals surface area contributed by atoms with Gasteiger partial charge in [0.2, 0.25) is 0 Å². The molecule has 15 heavy (non-hydrogen) atoms. The zero-order chi connectivity index (χ0) is 11.5. The van der Waals surface area contributed by atoms with Gasteiger partial charge in [0.15, 0.2) is 0 Å². The first kappa shape index (κ1) is 12.2. The van der Waals surface area contributed by atoms with Gasteiger partial charge >= 0.3 is 5.97 Å². The van der Waals surface area contributed by atoms with Crippen molar-refractivity contribution in [2.75, 3.05) is 0 Å². The smallest absolute Gasteiger partial charge is 0.340 e. The van der Waals surface area contributed by atoms with Crippen LogP contribution in [0, 0.1) is 0 Å². The Labute approximate surface area is 98.0 Å². The molecule has 0 spiro atoms. The summed E-state index contributed by atoms with van der Waals surface area (Å²) in [6.45, 7) is 5.52. The highest BCUT2D eigenvalue weighted by Crippen LogP contribution is 2.12. The van der Waals surface area contributed by atoms with Crippen molar-refractivity contribution in [1.82, 2.24) is 4.98 Å². The van der Waals surface area contributed by atoms with Crippen molar-refractivity contribution in [2.24, 2.45) is 0 Å². The number of aromatic nitrogens is 1. The van der Waals surface area contributed by atoms with Crippen LogP contribution in [0.5, 0.6) is 0 Å². The molecule has 0 radical (unpaired) electrons. The molecule has 1 aromatic rings. The number of carbonyl (C=O) groups excluding carboxylic acids is 1. The van der Waals surface area contributed by atoms with Crippen molar-refractivity contribution in [3.63, 3.8) is 0 Å². The van der Waals surface area contributed by atoms with Crippen LogP contribution >= 0.6 is 15.9 Å². The highest BCUT2D eigenvalue weighted by atomic mass is 79.9. The second kappa shape index (κ2) is 4.75. The van der Waals surface area contributed by atoms with E-state index in [1.54, 1.807) is 12.1 Å². The van der Waals surface area contributed by atoms with Crippen LogP contribution in [-0.2, 0) is 10.1 Å². The Morgan fingerprint density at radius 3 is 2.53 bits per heavy atom. The Morgan fingerprint density at radius 1 is 1.47 bits per heavy atom. The van der Waals surface area contributed by atoms with Gasteiger partial charge in [0.05, 0.1) is 11.3 Å². The van der Waals surface area contributed by atoms with Crippen LogP contribution in [0.4, 0.5) is 0 Å². The zero-order valence-corrected chi connectivity index (χ0v) is 10.7. The van der Waals surface area contributed by atoms with E-state index in [1.807, 2.05) is 20.8 Å². The van der Waals surface area contributed by atoms with Crippen LogP contribution in [0.2, 0.25) is 0 Å². The monoisotopic (exact) mass is 271 g/mol. The third kappa shape index (κ3) is 4.00. The van der Waals surface area contributed by atoms with Gasteiger partial charge in [-0.1, -0.05) is 15.9 Å². The van der Waals surface area contributed by atoms with Gasteiger partial charge in [-0.2, -0.15) is 0 Å². The van der Waals surface area contributed by atoms with Gasteiger partial charge in [-0.25, -0.2) is 4.79 Å². The zero-order valence-electron chi connectivity index (χ0n) is 9.08. The van der Waals surface area contributed by atoms with Crippen LogP contribution in [-0.4, -0.2) is 16.6 Å². The molecule has 0 aliphatic heterocycles. The van der Waals surface area contributed by atoms with E-state index in [2.05, 4.69) is 20.9 Å². The molecule has 0 amide bonds. The predicted octanol–water partition coefficient (Wildman–Crippen LogP) is 2.93. The predicted molar refractivity (Wildman–Crippen MR) is 62.0 cm³/mol. The van der Waals surface area contributed by atoms with Gasteiger partial charge < -0.3 is 4.74 Å². The fourth-order valence-corrected chi connectivity index (χ4v) is 1.29. The number of hydrogen-bond donors (Lipinski definition) is 0. The largest absolute Gasteiger partial charge is 0.456 e. The lowest BCUT2D eigenvalue weighted by Gasteiger charge is -2.19. The second-order valence-electron chi connectivity index (χ2n) is 4.17. The normalized spacial score (nSPS) is 11.2. The summed E-state index contributed by atoms with van der Waals surface area (Å²) >= 11 is 3.29. The number of ether oxygens (including phenoxy) is 1. The van der Waals surface area contributed by atoms with Crippen LogP contribution in [0.3, 0.4) is 0 Å². The van der Waals surface area contributed by atoms with E-state index in [0.717, 1.165) is 5.69 Å². The number of rotatable bonds is 2. The van der Waals surface area contributed by atoms with Crippen molar-refractivity contribution in [3.05, 3.63) is 29.6 Å². The third-order valence-electron chi connectivity index (χ3n) is 1.60. The maximum absolute atomic E-state index is 11.6. The summed E-state index contributed by atoms with van der Waals surface area (Å²) in [5, 5.41) is 0.682. The number of alkyl halides is 1. The Kier molecular flexibility index (Phi) is 3.85. The van der Waals surface area contributed by atoms with E-state index in [9.17, 15) is 4.79 Å². The molecule has 0 aliphatic carbocycles. The summed E-state index contributed by atoms with van der Waals surface area (Å²) in [7, 11) is 0. The molecule has 4 heteroatoms. The van der Waals surface area contributed by atoms with Gasteiger partial charge in [-0.3, -0.25) is 4.98 Å². The maximum Gasteiger partial charge on any atom is 0.340 e. The lowest BCUT2D eigenvalue weighted by Crippen LogP contribution is -2.23. The average Bonchev–Trinajstić information content (AvgIpc) is 2.15. The maximum atomic E-state index is 11.6. The highest BCUT2D eigenvalue weighted by Gasteiger charge is 2.17. The Bertz CT molecular complexity index is 341. The van der Waals surface area contributed by atoms with E-state index >= 15 is 0 Å². The summed E-state index contributed by atoms with van der Waals surface area (Å²) in [6.07, 6.45) is 1.53. The number of hydrogen-bond acceptors (Lipinski definition) is 3. The molecule has 0 saturated heterocycles. The number of pyridine rings is 1. The molecule has 0 saturated carbocycles. The van der Waals surface area contributed by atoms with E-state index in [1.165, 1.54) is 6.20 Å². The Hall–Kier alpha value is -0.900. The van der Waals surface area contributed by atoms with Crippen molar-refractivity contribution in [3.8, 4) is 0 Å². The molecule has 3 nitrogen and oxygen atoms in total. The summed E-state index contributed by atoms with van der Waals surface area (Å²) in [4.78, 5) is 15.7. The van der Waals surface area contributed by atoms with Crippen molar-refractivity contribution < 1.29 is 9.53 Å². The summed E-state index contributed by atoms with van der Waals surface area (Å²) in [5.41, 5.74) is 0.905. The second-order valence-corrected chi connectivity index (χ2v) is 4.73. The van der Waals surface area contributed by atoms with Crippen LogP contribution in [0.15, 0.2) is 18.3 Å². The van der Waals surface area contributed by atoms with E-state index in [0.29, 0.717) is 10.9 Å². The number of carbonyl (C=O) groups is 1. The van der Waals surface area contributed by atoms with Gasteiger partial charge in [0.25, 0.3) is 0 Å². The third-order valence-corrected chi connectivity index (χ3v) is 2.17. The van der Waals surface area contributed by atoms with Crippen LogP contribution in [0.25, 0.3) is 0 Å². The SMILES string of the molecule is CC(C)(C)OC(=O)c1ccc(CBr)nc1. The highest BCUT2D eigenvalue weighted by molar-refractivity contribution is 9.08. The van der Waals surface area contributed by atoms with Crippen molar-refractivity contribution in [2.45, 2.75) is 31.7 Å². The first-order valence-corrected chi connectivity index (χ1v) is 5.79. The molecule has 1 heterocycles. The van der Waals surface area contributed by atoms with Crippen molar-refractivity contribution in [1.29, 1.82) is 0 Å². The van der Waals surface area contributed by atoms with Crippen molar-refractivity contribution >= 4 is 21.9 Å².